The molecule has 0 spiro atoms. The molecule has 0 aliphatic heterocycles. The number of anilines is 3. The molecule has 1 aromatic carbocycles. The molecule has 0 aliphatic carbocycles. The van der Waals surface area contributed by atoms with Crippen LogP contribution in [0.25, 0.3) is 0 Å². The van der Waals surface area contributed by atoms with Gasteiger partial charge >= 0.3 is 6.18 Å². The van der Waals surface area contributed by atoms with Crippen LogP contribution in [0.15, 0.2) is 30.6 Å². The van der Waals surface area contributed by atoms with Crippen LogP contribution in [0, 0.1) is 6.92 Å². The van der Waals surface area contributed by atoms with Crippen molar-refractivity contribution < 1.29 is 13.2 Å². The lowest BCUT2D eigenvalue weighted by Gasteiger charge is -2.13. The molecule has 3 N–H and O–H groups in total. The number of nitrogens with two attached hydrogens (primary N) is 1. The van der Waals surface area contributed by atoms with Crippen molar-refractivity contribution in [3.05, 3.63) is 41.7 Å². The third-order valence-corrected chi connectivity index (χ3v) is 2.53. The van der Waals surface area contributed by atoms with Gasteiger partial charge in [0.25, 0.3) is 0 Å². The molecule has 100 valence electrons. The minimum atomic E-state index is -4.39. The highest BCUT2D eigenvalue weighted by Gasteiger charge is 2.32. The number of hydrogen-bond donors (Lipinski definition) is 2. The molecule has 2 rings (SSSR count). The molecule has 0 radical (unpaired) electrons. The Bertz CT molecular complexity index is 596. The number of alkyl halides is 3. The molecule has 0 bridgehead atoms. The monoisotopic (exact) mass is 268 g/mol. The maximum Gasteiger partial charge on any atom is 0.416 e. The largest absolute Gasteiger partial charge is 0.416 e. The molecule has 0 saturated carbocycles. The molecule has 7 heteroatoms. The Morgan fingerprint density at radius 3 is 2.47 bits per heavy atom. The molecule has 19 heavy (non-hydrogen) atoms. The lowest BCUT2D eigenvalue weighted by Crippen LogP contribution is -2.08. The average molecular weight is 268 g/mol. The fourth-order valence-corrected chi connectivity index (χ4v) is 1.59. The van der Waals surface area contributed by atoms with Crippen molar-refractivity contribution in [1.82, 2.24) is 9.97 Å². The van der Waals surface area contributed by atoms with Crippen LogP contribution in [0.2, 0.25) is 0 Å². The van der Waals surface area contributed by atoms with Crippen LogP contribution in [0.5, 0.6) is 0 Å². The molecule has 0 amide bonds. The predicted molar refractivity (Wildman–Crippen MR) is 65.9 cm³/mol. The summed E-state index contributed by atoms with van der Waals surface area (Å²) in [5, 5.41) is 2.71. The number of nitrogens with one attached hydrogen (secondary N) is 1. The lowest BCUT2D eigenvalue weighted by molar-refractivity contribution is -0.138. The minimum absolute atomic E-state index is 0.122. The zero-order valence-electron chi connectivity index (χ0n) is 9.99. The number of benzene rings is 1. The molecular formula is C12H11F3N4. The molecule has 0 saturated heterocycles. The first-order valence-electron chi connectivity index (χ1n) is 5.39. The van der Waals surface area contributed by atoms with Crippen LogP contribution in [0.1, 0.15) is 11.1 Å². The van der Waals surface area contributed by atoms with E-state index < -0.39 is 11.7 Å². The van der Waals surface area contributed by atoms with Crippen LogP contribution < -0.4 is 11.1 Å². The van der Waals surface area contributed by atoms with E-state index in [1.807, 2.05) is 0 Å². The van der Waals surface area contributed by atoms with E-state index in [4.69, 9.17) is 5.73 Å². The quantitative estimate of drug-likeness (QED) is 0.878. The van der Waals surface area contributed by atoms with Gasteiger partial charge in [-0.05, 0) is 24.6 Å². The van der Waals surface area contributed by atoms with Crippen LogP contribution in [0.4, 0.5) is 30.5 Å². The first-order valence-corrected chi connectivity index (χ1v) is 5.39. The van der Waals surface area contributed by atoms with Gasteiger partial charge in [0.05, 0.1) is 5.56 Å². The van der Waals surface area contributed by atoms with Crippen molar-refractivity contribution in [3.8, 4) is 0 Å². The van der Waals surface area contributed by atoms with Crippen LogP contribution >= 0.6 is 0 Å². The van der Waals surface area contributed by atoms with Crippen LogP contribution in [-0.4, -0.2) is 9.97 Å². The number of rotatable bonds is 2. The number of aromatic nitrogens is 2. The number of aryl methyl sites for hydroxylation is 1. The number of nitrogens with zero attached hydrogens (tertiary/aromatic N) is 2. The Kier molecular flexibility index (Phi) is 3.28. The summed E-state index contributed by atoms with van der Waals surface area (Å²) in [5.41, 5.74) is 5.28. The average Bonchev–Trinajstić information content (AvgIpc) is 2.33. The van der Waals surface area contributed by atoms with Crippen molar-refractivity contribution in [3.63, 3.8) is 0 Å². The second-order valence-corrected chi connectivity index (χ2v) is 3.94. The molecule has 0 unspecified atom stereocenters. The zero-order chi connectivity index (χ0) is 14.0. The van der Waals surface area contributed by atoms with Crippen LogP contribution in [-0.2, 0) is 6.18 Å². The summed E-state index contributed by atoms with van der Waals surface area (Å²) in [4.78, 5) is 7.70. The number of hydrogen-bond acceptors (Lipinski definition) is 4. The third-order valence-electron chi connectivity index (χ3n) is 2.53. The summed E-state index contributed by atoms with van der Waals surface area (Å²) in [7, 11) is 0. The van der Waals surface area contributed by atoms with E-state index in [1.54, 1.807) is 0 Å². The lowest BCUT2D eigenvalue weighted by atomic mass is 10.1. The maximum atomic E-state index is 12.8. The van der Waals surface area contributed by atoms with E-state index in [0.717, 1.165) is 6.07 Å². The summed E-state index contributed by atoms with van der Waals surface area (Å²) in [6, 6.07) is 3.93. The third kappa shape index (κ3) is 2.93. The summed E-state index contributed by atoms with van der Waals surface area (Å²) in [6.07, 6.45) is -1.59. The Balaban J connectivity index is 2.35. The van der Waals surface area contributed by atoms with Crippen molar-refractivity contribution in [1.29, 1.82) is 0 Å². The van der Waals surface area contributed by atoms with Crippen molar-refractivity contribution in [2.45, 2.75) is 13.1 Å². The van der Waals surface area contributed by atoms with Crippen LogP contribution in [0.3, 0.4) is 0 Å². The Labute approximate surface area is 107 Å². The van der Waals surface area contributed by atoms with Gasteiger partial charge in [0.15, 0.2) is 11.6 Å². The molecule has 4 nitrogen and oxygen atoms in total. The van der Waals surface area contributed by atoms with E-state index in [1.165, 1.54) is 31.5 Å². The highest BCUT2D eigenvalue weighted by atomic mass is 19.4. The number of halogens is 3. The van der Waals surface area contributed by atoms with Gasteiger partial charge in [0.2, 0.25) is 0 Å². The van der Waals surface area contributed by atoms with E-state index in [0.29, 0.717) is 0 Å². The van der Waals surface area contributed by atoms with Gasteiger partial charge in [0.1, 0.15) is 0 Å². The van der Waals surface area contributed by atoms with E-state index in [2.05, 4.69) is 15.3 Å². The van der Waals surface area contributed by atoms with Gasteiger partial charge in [-0.15, -0.1) is 0 Å². The maximum absolute atomic E-state index is 12.8. The smallest absolute Gasteiger partial charge is 0.381 e. The molecule has 0 atom stereocenters. The first-order chi connectivity index (χ1) is 8.88. The SMILES string of the molecule is Cc1ccc(Nc2nccnc2N)cc1C(F)(F)F. The van der Waals surface area contributed by atoms with Gasteiger partial charge < -0.3 is 11.1 Å². The van der Waals surface area contributed by atoms with Crippen molar-refractivity contribution in [2.75, 3.05) is 11.1 Å². The second-order valence-electron chi connectivity index (χ2n) is 3.94. The van der Waals surface area contributed by atoms with Crippen molar-refractivity contribution >= 4 is 17.3 Å². The van der Waals surface area contributed by atoms with E-state index in [-0.39, 0.29) is 22.9 Å². The van der Waals surface area contributed by atoms with Gasteiger partial charge in [-0.3, -0.25) is 0 Å². The molecular weight excluding hydrogens is 257 g/mol. The van der Waals surface area contributed by atoms with Gasteiger partial charge in [-0.1, -0.05) is 6.07 Å². The molecule has 0 aliphatic rings. The number of nitrogen functional groups attached to an aromatic ring is 1. The highest BCUT2D eigenvalue weighted by Crippen LogP contribution is 2.34. The summed E-state index contributed by atoms with van der Waals surface area (Å²) >= 11 is 0. The standard InChI is InChI=1S/C12H11F3N4/c1-7-2-3-8(6-9(7)12(13,14)15)19-11-10(16)17-4-5-18-11/h2-6H,1H3,(H2,16,17)(H,18,19). The fraction of sp³-hybridized carbons (Fsp3) is 0.167. The topological polar surface area (TPSA) is 63.8 Å². The Hall–Kier alpha value is -2.31. The second kappa shape index (κ2) is 4.75. The Morgan fingerprint density at radius 2 is 1.84 bits per heavy atom. The Morgan fingerprint density at radius 1 is 1.16 bits per heavy atom. The molecule has 0 fully saturated rings. The molecule has 1 heterocycles. The fourth-order valence-electron chi connectivity index (χ4n) is 1.59. The predicted octanol–water partition coefficient (Wildman–Crippen LogP) is 3.13. The normalized spacial score (nSPS) is 11.4. The van der Waals surface area contributed by atoms with Crippen molar-refractivity contribution in [2.24, 2.45) is 0 Å². The summed E-state index contributed by atoms with van der Waals surface area (Å²) in [5.74, 6) is 0.344. The van der Waals surface area contributed by atoms with Gasteiger partial charge in [0, 0.05) is 18.1 Å². The molecule has 1 aromatic heterocycles. The first kappa shape index (κ1) is 13.1. The minimum Gasteiger partial charge on any atom is -0.381 e. The van der Waals surface area contributed by atoms with E-state index in [9.17, 15) is 13.2 Å². The molecule has 2 aromatic rings. The summed E-state index contributed by atoms with van der Waals surface area (Å²) < 4.78 is 38.3. The summed E-state index contributed by atoms with van der Waals surface area (Å²) in [6.45, 7) is 1.41. The zero-order valence-corrected chi connectivity index (χ0v) is 9.99. The van der Waals surface area contributed by atoms with E-state index >= 15 is 0 Å². The highest BCUT2D eigenvalue weighted by molar-refractivity contribution is 5.66. The van der Waals surface area contributed by atoms with Gasteiger partial charge in [-0.2, -0.15) is 13.2 Å². The van der Waals surface area contributed by atoms with Gasteiger partial charge in [-0.25, -0.2) is 9.97 Å².